The number of nitro groups is 1. The number of methoxy groups -OCH3 is 1. The maximum absolute atomic E-state index is 13.7. The Bertz CT molecular complexity index is 1490. The van der Waals surface area contributed by atoms with Crippen LogP contribution >= 0.6 is 31.9 Å². The van der Waals surface area contributed by atoms with Crippen LogP contribution in [-0.4, -0.2) is 40.7 Å². The Morgan fingerprint density at radius 3 is 2.36 bits per heavy atom. The number of β-lactam (4-membered cyclic amide) rings is 1. The van der Waals surface area contributed by atoms with Crippen LogP contribution in [-0.2, 0) is 4.79 Å². The van der Waals surface area contributed by atoms with E-state index in [4.69, 9.17) is 4.74 Å². The minimum Gasteiger partial charge on any atom is -0.496 e. The Kier molecular flexibility index (Phi) is 5.92. The smallest absolute Gasteiger partial charge is 0.282 e. The van der Waals surface area contributed by atoms with E-state index in [2.05, 4.69) is 31.9 Å². The van der Waals surface area contributed by atoms with E-state index < -0.39 is 40.4 Å². The Morgan fingerprint density at radius 2 is 1.69 bits per heavy atom. The number of amides is 3. The van der Waals surface area contributed by atoms with Crippen LogP contribution in [0.15, 0.2) is 63.5 Å². The van der Waals surface area contributed by atoms with E-state index >= 15 is 0 Å². The summed E-state index contributed by atoms with van der Waals surface area (Å²) in [7, 11) is 1.49. The molecule has 182 valence electrons. The average Bonchev–Trinajstić information content (AvgIpc) is 3.09. The van der Waals surface area contributed by atoms with Gasteiger partial charge in [0.25, 0.3) is 23.4 Å². The summed E-state index contributed by atoms with van der Waals surface area (Å²) in [5, 5.41) is 11.6. The number of hydrogen-bond donors (Lipinski definition) is 0. The molecule has 3 aromatic carbocycles. The first-order valence-corrected chi connectivity index (χ1v) is 12.3. The van der Waals surface area contributed by atoms with Crippen molar-refractivity contribution < 1.29 is 24.0 Å². The van der Waals surface area contributed by atoms with Gasteiger partial charge in [-0.1, -0.05) is 37.9 Å². The van der Waals surface area contributed by atoms with Gasteiger partial charge in [-0.25, -0.2) is 0 Å². The lowest BCUT2D eigenvalue weighted by atomic mass is 9.85. The molecule has 0 N–H and O–H groups in total. The third-order valence-corrected chi connectivity index (χ3v) is 7.78. The van der Waals surface area contributed by atoms with Crippen molar-refractivity contribution in [2.45, 2.75) is 19.0 Å². The predicted molar refractivity (Wildman–Crippen MR) is 137 cm³/mol. The third-order valence-electron chi connectivity index (χ3n) is 6.40. The quantitative estimate of drug-likeness (QED) is 0.169. The summed E-state index contributed by atoms with van der Waals surface area (Å²) in [4.78, 5) is 53.7. The molecule has 2 aliphatic heterocycles. The molecule has 0 saturated carbocycles. The van der Waals surface area contributed by atoms with Crippen molar-refractivity contribution in [3.8, 4) is 5.75 Å². The number of carbonyl (C=O) groups excluding carboxylic acids is 3. The van der Waals surface area contributed by atoms with E-state index in [0.717, 1.165) is 14.9 Å². The van der Waals surface area contributed by atoms with Crippen LogP contribution in [0.3, 0.4) is 0 Å². The van der Waals surface area contributed by atoms with E-state index in [1.165, 1.54) is 30.2 Å². The number of benzene rings is 3. The molecule has 5 rings (SSSR count). The molecule has 2 atom stereocenters. The molecule has 0 radical (unpaired) electrons. The number of hydrogen-bond acceptors (Lipinski definition) is 6. The lowest BCUT2D eigenvalue weighted by molar-refractivity contribution is -0.385. The lowest BCUT2D eigenvalue weighted by Crippen LogP contribution is -2.67. The second kappa shape index (κ2) is 8.82. The molecule has 3 amide bonds. The minimum absolute atomic E-state index is 0.0973. The van der Waals surface area contributed by atoms with Crippen LogP contribution in [0, 0.1) is 17.0 Å². The maximum Gasteiger partial charge on any atom is 0.282 e. The largest absolute Gasteiger partial charge is 0.496 e. The first-order chi connectivity index (χ1) is 17.1. The van der Waals surface area contributed by atoms with E-state index in [9.17, 15) is 24.5 Å². The fraction of sp³-hybridized carbons (Fsp3) is 0.160. The van der Waals surface area contributed by atoms with Gasteiger partial charge in [0.2, 0.25) is 0 Å². The highest BCUT2D eigenvalue weighted by Gasteiger charge is 2.59. The number of nitrogens with zero attached hydrogens (tertiary/aromatic N) is 3. The number of nitro benzene ring substituents is 1. The van der Waals surface area contributed by atoms with Gasteiger partial charge in [-0.3, -0.25) is 29.4 Å². The molecular formula is C25H17Br2N3O6. The molecule has 11 heteroatoms. The normalized spacial score (nSPS) is 18.8. The topological polar surface area (TPSA) is 110 Å². The van der Waals surface area contributed by atoms with Crippen LogP contribution in [0.5, 0.6) is 5.75 Å². The number of halogens is 2. The lowest BCUT2D eigenvalue weighted by Gasteiger charge is -2.50. The van der Waals surface area contributed by atoms with Crippen molar-refractivity contribution in [1.82, 2.24) is 4.90 Å². The number of aryl methyl sites for hydroxylation is 1. The molecule has 9 nitrogen and oxygen atoms in total. The van der Waals surface area contributed by atoms with Gasteiger partial charge in [-0.15, -0.1) is 0 Å². The summed E-state index contributed by atoms with van der Waals surface area (Å²) < 4.78 is 7.12. The van der Waals surface area contributed by atoms with E-state index in [1.54, 1.807) is 24.3 Å². The Labute approximate surface area is 222 Å². The standard InChI is InChI=1S/C25H17Br2N3O6/c1-12-10-14(7-8-17(12)27)28-21(16-11-13(26)6-9-19(16)36-2)22(25(28)33)29-23(31)15-4-3-5-18(30(34)35)20(15)24(29)32/h3-11,21-22H,1-2H3/t21-,22-/m1/s1. The highest BCUT2D eigenvalue weighted by Crippen LogP contribution is 2.48. The highest BCUT2D eigenvalue weighted by atomic mass is 79.9. The van der Waals surface area contributed by atoms with Crippen molar-refractivity contribution >= 4 is 61.0 Å². The first-order valence-electron chi connectivity index (χ1n) is 10.7. The van der Waals surface area contributed by atoms with Gasteiger partial charge >= 0.3 is 0 Å². The summed E-state index contributed by atoms with van der Waals surface area (Å²) in [5.41, 5.74) is 1.16. The fourth-order valence-electron chi connectivity index (χ4n) is 4.73. The van der Waals surface area contributed by atoms with Crippen LogP contribution in [0.4, 0.5) is 11.4 Å². The van der Waals surface area contributed by atoms with Gasteiger partial charge in [0.05, 0.1) is 23.6 Å². The second-order valence-electron chi connectivity index (χ2n) is 8.35. The van der Waals surface area contributed by atoms with Gasteiger partial charge in [0.1, 0.15) is 17.4 Å². The summed E-state index contributed by atoms with van der Waals surface area (Å²) >= 11 is 6.91. The number of anilines is 1. The molecule has 1 fully saturated rings. The molecule has 0 unspecified atom stereocenters. The van der Waals surface area contributed by atoms with Crippen LogP contribution in [0.2, 0.25) is 0 Å². The first kappa shape index (κ1) is 24.1. The number of carbonyl (C=O) groups is 3. The number of rotatable bonds is 5. The number of fused-ring (bicyclic) bond motifs is 1. The van der Waals surface area contributed by atoms with Gasteiger partial charge in [0, 0.05) is 26.3 Å². The van der Waals surface area contributed by atoms with Crippen molar-refractivity contribution in [3.63, 3.8) is 0 Å². The molecule has 0 spiro atoms. The zero-order valence-electron chi connectivity index (χ0n) is 18.9. The number of ether oxygens (including phenoxy) is 1. The van der Waals surface area contributed by atoms with Gasteiger partial charge in [-0.2, -0.15) is 0 Å². The minimum atomic E-state index is -1.22. The predicted octanol–water partition coefficient (Wildman–Crippen LogP) is 5.19. The zero-order chi connectivity index (χ0) is 25.9. The Balaban J connectivity index is 1.66. The maximum atomic E-state index is 13.7. The molecule has 3 aromatic rings. The monoisotopic (exact) mass is 613 g/mol. The molecule has 0 aromatic heterocycles. The van der Waals surface area contributed by atoms with Crippen LogP contribution < -0.4 is 9.64 Å². The molecular weight excluding hydrogens is 598 g/mol. The van der Waals surface area contributed by atoms with Crippen molar-refractivity contribution in [2.24, 2.45) is 0 Å². The van der Waals surface area contributed by atoms with Crippen molar-refractivity contribution in [3.05, 3.63) is 95.9 Å². The average molecular weight is 615 g/mol. The summed E-state index contributed by atoms with van der Waals surface area (Å²) in [6.07, 6.45) is 0. The highest BCUT2D eigenvalue weighted by molar-refractivity contribution is 9.10. The fourth-order valence-corrected chi connectivity index (χ4v) is 5.35. The molecule has 2 aliphatic rings. The molecule has 0 bridgehead atoms. The van der Waals surface area contributed by atoms with Gasteiger partial charge in [-0.05, 0) is 55.0 Å². The van der Waals surface area contributed by atoms with Crippen molar-refractivity contribution in [1.29, 1.82) is 0 Å². The van der Waals surface area contributed by atoms with E-state index in [0.29, 0.717) is 21.5 Å². The molecule has 2 heterocycles. The Morgan fingerprint density at radius 1 is 0.944 bits per heavy atom. The summed E-state index contributed by atoms with van der Waals surface area (Å²) in [6.45, 7) is 1.88. The molecule has 0 aliphatic carbocycles. The second-order valence-corrected chi connectivity index (χ2v) is 10.1. The van der Waals surface area contributed by atoms with Crippen LogP contribution in [0.1, 0.15) is 37.9 Å². The summed E-state index contributed by atoms with van der Waals surface area (Å²) in [6, 6.07) is 12.5. The van der Waals surface area contributed by atoms with Crippen molar-refractivity contribution in [2.75, 3.05) is 12.0 Å². The molecule has 1 saturated heterocycles. The van der Waals surface area contributed by atoms with Gasteiger partial charge in [0.15, 0.2) is 0 Å². The third kappa shape index (κ3) is 3.53. The zero-order valence-corrected chi connectivity index (χ0v) is 22.1. The van der Waals surface area contributed by atoms with E-state index in [1.807, 2.05) is 19.1 Å². The summed E-state index contributed by atoms with van der Waals surface area (Å²) in [5.74, 6) is -1.64. The van der Waals surface area contributed by atoms with E-state index in [-0.39, 0.29) is 11.1 Å². The van der Waals surface area contributed by atoms with Gasteiger partial charge < -0.3 is 9.64 Å². The number of imide groups is 1. The SMILES string of the molecule is COc1ccc(Br)cc1[C@@H]1[C@@H](N2C(=O)c3cccc([N+](=O)[O-])c3C2=O)C(=O)N1c1ccc(Br)c(C)c1. The Hall–Kier alpha value is -3.57. The van der Waals surface area contributed by atoms with Crippen LogP contribution in [0.25, 0.3) is 0 Å². The molecule has 36 heavy (non-hydrogen) atoms.